The van der Waals surface area contributed by atoms with Crippen molar-refractivity contribution in [1.29, 1.82) is 0 Å². The van der Waals surface area contributed by atoms with Gasteiger partial charge in [0.25, 0.3) is 0 Å². The smallest absolute Gasteiger partial charge is 0.326 e. The van der Waals surface area contributed by atoms with E-state index in [9.17, 15) is 0 Å². The van der Waals surface area contributed by atoms with Gasteiger partial charge < -0.3 is 4.98 Å². The normalized spacial score (nSPS) is 10.5. The second-order valence-electron chi connectivity index (χ2n) is 10.2. The van der Waals surface area contributed by atoms with E-state index in [-0.39, 0.29) is 27.6 Å². The fraction of sp³-hybridized carbons (Fsp3) is 0. The van der Waals surface area contributed by atoms with Crippen LogP contribution in [0.2, 0.25) is 10.6 Å². The van der Waals surface area contributed by atoms with Crippen molar-refractivity contribution >= 4 is 82.0 Å². The van der Waals surface area contributed by atoms with Crippen LogP contribution in [0.25, 0.3) is 11.2 Å². The van der Waals surface area contributed by atoms with Gasteiger partial charge in [-0.25, -0.2) is 29.2 Å². The third kappa shape index (κ3) is 9.37. The van der Waals surface area contributed by atoms with E-state index in [0.29, 0.717) is 11.2 Å². The van der Waals surface area contributed by atoms with Crippen LogP contribution in [0.1, 0.15) is 0 Å². The summed E-state index contributed by atoms with van der Waals surface area (Å²) in [5, 5.41) is 8.92. The van der Waals surface area contributed by atoms with Crippen LogP contribution in [0.4, 0.5) is 0 Å². The molecule has 2 aromatic heterocycles. The van der Waals surface area contributed by atoms with Crippen LogP contribution in [0.3, 0.4) is 0 Å². The van der Waals surface area contributed by atoms with E-state index < -0.39 is 15.8 Å². The number of hydrogen-bond donors (Lipinski definition) is 1. The van der Waals surface area contributed by atoms with E-state index >= 15 is 0 Å². The Labute approximate surface area is 304 Å². The molecule has 0 radical (unpaired) electrons. The van der Waals surface area contributed by atoms with Crippen molar-refractivity contribution in [2.24, 2.45) is 0 Å². The van der Waals surface area contributed by atoms with E-state index in [2.05, 4.69) is 190 Å². The maximum Gasteiger partial charge on any atom is 2.00 e. The molecule has 0 aliphatic carbocycles. The minimum atomic E-state index is -0.409. The SMILES string of the molecule is Clc1ncc2[nH]c(Cl)nc2n1.[Fe+2].c1ccc(P(c2ccccc2)c2ccc[cH-]2)cc1.c1ccc(P(c2ccccc2)c2ccc[cH-]2)cc1. The Kier molecular flexibility index (Phi) is 13.3. The van der Waals surface area contributed by atoms with Crippen LogP contribution >= 0.6 is 39.0 Å². The van der Waals surface area contributed by atoms with Gasteiger partial charge in [-0.05, 0) is 60.3 Å². The van der Waals surface area contributed by atoms with Gasteiger partial charge in [0.15, 0.2) is 5.65 Å². The number of halogens is 2. The van der Waals surface area contributed by atoms with Crippen LogP contribution in [0.15, 0.2) is 176 Å². The molecule has 6 aromatic carbocycles. The molecule has 0 saturated carbocycles. The minimum absolute atomic E-state index is 0. The molecule has 9 heteroatoms. The number of hydrogen-bond acceptors (Lipinski definition) is 3. The van der Waals surface area contributed by atoms with Gasteiger partial charge in [0.05, 0.1) is 6.20 Å². The van der Waals surface area contributed by atoms with Crippen molar-refractivity contribution in [1.82, 2.24) is 19.9 Å². The summed E-state index contributed by atoms with van der Waals surface area (Å²) in [5.41, 5.74) is 1.16. The molecular formula is C39H30Cl2FeN4P2. The van der Waals surface area contributed by atoms with Crippen molar-refractivity contribution in [3.8, 4) is 0 Å². The van der Waals surface area contributed by atoms with E-state index in [0.717, 1.165) is 0 Å². The Morgan fingerprint density at radius 2 is 0.896 bits per heavy atom. The molecule has 48 heavy (non-hydrogen) atoms. The Morgan fingerprint density at radius 1 is 0.500 bits per heavy atom. The third-order valence-corrected chi connectivity index (χ3v) is 12.3. The maximum absolute atomic E-state index is 5.56. The summed E-state index contributed by atoms with van der Waals surface area (Å²) < 4.78 is 0. The van der Waals surface area contributed by atoms with Gasteiger partial charge in [-0.2, -0.15) is 34.2 Å². The summed E-state index contributed by atoms with van der Waals surface area (Å²) in [6.07, 6.45) is 1.53. The first-order valence-electron chi connectivity index (χ1n) is 14.9. The molecule has 2 heterocycles. The predicted molar refractivity (Wildman–Crippen MR) is 203 cm³/mol. The molecule has 0 aliphatic heterocycles. The average molecular weight is 743 g/mol. The summed E-state index contributed by atoms with van der Waals surface area (Å²) in [4.78, 5) is 14.2. The molecule has 0 atom stereocenters. The second-order valence-corrected chi connectivity index (χ2v) is 15.3. The molecule has 8 aromatic rings. The molecule has 0 saturated heterocycles. The van der Waals surface area contributed by atoms with Gasteiger partial charge in [0, 0.05) is 0 Å². The molecule has 0 aliphatic rings. The summed E-state index contributed by atoms with van der Waals surface area (Å²) in [6, 6.07) is 60.5. The summed E-state index contributed by atoms with van der Waals surface area (Å²) in [5.74, 6) is 0. The van der Waals surface area contributed by atoms with Crippen LogP contribution < -0.4 is 31.8 Å². The third-order valence-electron chi connectivity index (χ3n) is 7.05. The summed E-state index contributed by atoms with van der Waals surface area (Å²) in [6.45, 7) is 0. The second kappa shape index (κ2) is 18.0. The topological polar surface area (TPSA) is 54.5 Å². The molecule has 0 unspecified atom stereocenters. The molecule has 1 N–H and O–H groups in total. The molecule has 4 nitrogen and oxygen atoms in total. The Balaban J connectivity index is 0.000000144. The maximum atomic E-state index is 5.56. The molecule has 0 spiro atoms. The number of fused-ring (bicyclic) bond motifs is 1. The fourth-order valence-corrected chi connectivity index (χ4v) is 9.91. The Hall–Kier alpha value is -3.91. The predicted octanol–water partition coefficient (Wildman–Crippen LogP) is 7.98. The molecule has 8 rings (SSSR count). The number of imidazole rings is 1. The number of rotatable bonds is 6. The zero-order valence-electron chi connectivity index (χ0n) is 25.6. The van der Waals surface area contributed by atoms with E-state index in [4.69, 9.17) is 23.2 Å². The summed E-state index contributed by atoms with van der Waals surface area (Å²) in [7, 11) is -0.818. The molecular weight excluding hydrogens is 713 g/mol. The largest absolute Gasteiger partial charge is 2.00 e. The number of benzene rings is 4. The van der Waals surface area contributed by atoms with E-state index in [1.54, 1.807) is 0 Å². The van der Waals surface area contributed by atoms with Crippen LogP contribution in [0, 0.1) is 0 Å². The molecule has 238 valence electrons. The fourth-order valence-electron chi connectivity index (χ4n) is 4.99. The van der Waals surface area contributed by atoms with E-state index in [1.165, 1.54) is 38.0 Å². The van der Waals surface area contributed by atoms with Gasteiger partial charge in [0.2, 0.25) is 10.6 Å². The first-order chi connectivity index (χ1) is 23.2. The van der Waals surface area contributed by atoms with Gasteiger partial charge in [-0.3, -0.25) is 0 Å². The number of aromatic nitrogens is 4. The van der Waals surface area contributed by atoms with Crippen molar-refractivity contribution < 1.29 is 17.1 Å². The molecule has 0 fully saturated rings. The van der Waals surface area contributed by atoms with Gasteiger partial charge >= 0.3 is 17.1 Å². The number of nitrogens with one attached hydrogen (secondary N) is 1. The number of H-pyrrole nitrogens is 1. The standard InChI is InChI=1S/2C17H14P.C5H2Cl2N4.Fe/c2*1-3-9-15(10-4-1)18(17-13-7-8-14-17)16-11-5-2-6-12-16;6-4-8-1-2-3(10-4)11-5(7)9-2;/h2*1-14H;1H,(H,8,9,10,11);/q2*-1;;+2. The zero-order valence-corrected chi connectivity index (χ0v) is 30.0. The van der Waals surface area contributed by atoms with Crippen LogP contribution in [0.5, 0.6) is 0 Å². The molecule has 0 bridgehead atoms. The van der Waals surface area contributed by atoms with Crippen LogP contribution in [-0.2, 0) is 17.1 Å². The first kappa shape index (κ1) is 35.4. The average Bonchev–Trinajstić information content (AvgIpc) is 3.91. The molecule has 0 amide bonds. The zero-order chi connectivity index (χ0) is 32.3. The Bertz CT molecular complexity index is 1870. The van der Waals surface area contributed by atoms with Gasteiger partial charge in [-0.15, -0.1) is 10.6 Å². The van der Waals surface area contributed by atoms with Gasteiger partial charge in [0.1, 0.15) is 5.52 Å². The van der Waals surface area contributed by atoms with E-state index in [1.807, 2.05) is 0 Å². The first-order valence-corrected chi connectivity index (χ1v) is 18.4. The summed E-state index contributed by atoms with van der Waals surface area (Å²) >= 11 is 11.1. The number of aromatic amines is 1. The van der Waals surface area contributed by atoms with Crippen molar-refractivity contribution in [2.75, 3.05) is 0 Å². The van der Waals surface area contributed by atoms with Crippen molar-refractivity contribution in [3.63, 3.8) is 0 Å². The van der Waals surface area contributed by atoms with Crippen molar-refractivity contribution in [2.45, 2.75) is 0 Å². The van der Waals surface area contributed by atoms with Crippen LogP contribution in [-0.4, -0.2) is 19.9 Å². The monoisotopic (exact) mass is 742 g/mol. The quantitative estimate of drug-likeness (QED) is 0.0619. The van der Waals surface area contributed by atoms with Gasteiger partial charge in [-0.1, -0.05) is 121 Å². The van der Waals surface area contributed by atoms with Crippen molar-refractivity contribution in [3.05, 3.63) is 187 Å². The Morgan fingerprint density at radius 3 is 1.25 bits per heavy atom. The number of nitrogens with zero attached hydrogens (tertiary/aromatic N) is 3. The minimum Gasteiger partial charge on any atom is -0.326 e.